The minimum Gasteiger partial charge on any atom is -0.395 e. The maximum Gasteiger partial charge on any atom is 0.274 e. The highest BCUT2D eigenvalue weighted by Crippen LogP contribution is 2.25. The summed E-state index contributed by atoms with van der Waals surface area (Å²) in [6.45, 7) is 4.11. The average molecular weight is 401 g/mol. The van der Waals surface area contributed by atoms with Crippen molar-refractivity contribution >= 4 is 28.1 Å². The average Bonchev–Trinajstić information content (AvgIpc) is 2.79. The Labute approximate surface area is 175 Å². The summed E-state index contributed by atoms with van der Waals surface area (Å²) in [5.41, 5.74) is 2.28. The number of aliphatic hydroxyl groups excluding tert-OH is 1. The van der Waals surface area contributed by atoms with E-state index in [1.807, 2.05) is 36.4 Å². The highest BCUT2D eigenvalue weighted by atomic mass is 16.3. The van der Waals surface area contributed by atoms with Gasteiger partial charge in [0.05, 0.1) is 17.9 Å². The summed E-state index contributed by atoms with van der Waals surface area (Å²) in [6, 6.07) is 17.1. The Kier molecular flexibility index (Phi) is 5.89. The molecule has 7 nitrogen and oxygen atoms in total. The topological polar surface area (TPSA) is 92.5 Å². The highest BCUT2D eigenvalue weighted by molar-refractivity contribution is 6.05. The summed E-state index contributed by atoms with van der Waals surface area (Å²) in [6.07, 6.45) is 1.69. The van der Waals surface area contributed by atoms with Gasteiger partial charge in [-0.2, -0.15) is 5.26 Å². The number of nitrogens with zero attached hydrogens (tertiary/aromatic N) is 4. The summed E-state index contributed by atoms with van der Waals surface area (Å²) < 4.78 is 0. The molecule has 7 heteroatoms. The van der Waals surface area contributed by atoms with Crippen molar-refractivity contribution in [2.45, 2.75) is 0 Å². The molecule has 0 bridgehead atoms. The number of nitrogens with one attached hydrogen (secondary N) is 1. The van der Waals surface area contributed by atoms with Gasteiger partial charge < -0.3 is 15.3 Å². The Balaban J connectivity index is 1.48. The summed E-state index contributed by atoms with van der Waals surface area (Å²) in [5.74, 6) is -0.310. The summed E-state index contributed by atoms with van der Waals surface area (Å²) in [7, 11) is 0. The van der Waals surface area contributed by atoms with E-state index in [0.717, 1.165) is 42.6 Å². The predicted octanol–water partition coefficient (Wildman–Crippen LogP) is 2.47. The van der Waals surface area contributed by atoms with Gasteiger partial charge in [-0.1, -0.05) is 24.3 Å². The first kappa shape index (κ1) is 19.8. The fraction of sp³-hybridized carbons (Fsp3) is 0.261. The Hall–Kier alpha value is -3.47. The monoisotopic (exact) mass is 401 g/mol. The minimum absolute atomic E-state index is 0.157. The molecule has 1 saturated heterocycles. The number of amides is 1. The fourth-order valence-electron chi connectivity index (χ4n) is 3.74. The third-order valence-corrected chi connectivity index (χ3v) is 5.37. The predicted molar refractivity (Wildman–Crippen MR) is 117 cm³/mol. The van der Waals surface area contributed by atoms with Gasteiger partial charge in [0.25, 0.3) is 5.91 Å². The molecule has 30 heavy (non-hydrogen) atoms. The number of hydrogen-bond acceptors (Lipinski definition) is 6. The third kappa shape index (κ3) is 4.25. The largest absolute Gasteiger partial charge is 0.395 e. The first-order valence-electron chi connectivity index (χ1n) is 9.96. The molecule has 2 aromatic carbocycles. The molecule has 0 atom stereocenters. The molecule has 152 valence electrons. The maximum absolute atomic E-state index is 12.6. The van der Waals surface area contributed by atoms with Gasteiger partial charge in [0.2, 0.25) is 0 Å². The van der Waals surface area contributed by atoms with Crippen molar-refractivity contribution in [1.82, 2.24) is 9.88 Å². The van der Waals surface area contributed by atoms with E-state index in [1.54, 1.807) is 18.3 Å². The summed E-state index contributed by atoms with van der Waals surface area (Å²) >= 11 is 0. The number of carbonyl (C=O) groups excluding carboxylic acids is 1. The highest BCUT2D eigenvalue weighted by Gasteiger charge is 2.19. The Morgan fingerprint density at radius 3 is 2.60 bits per heavy atom. The van der Waals surface area contributed by atoms with E-state index in [0.29, 0.717) is 23.5 Å². The Bertz CT molecular complexity index is 1100. The Morgan fingerprint density at radius 2 is 1.87 bits per heavy atom. The lowest BCUT2D eigenvalue weighted by molar-refractivity contribution is 0.102. The number of aromatic nitrogens is 1. The quantitative estimate of drug-likeness (QED) is 0.682. The number of aliphatic hydroxyl groups is 1. The molecule has 1 fully saturated rings. The minimum atomic E-state index is -0.310. The molecular weight excluding hydrogens is 378 g/mol. The number of rotatable bonds is 5. The van der Waals surface area contributed by atoms with Crippen molar-refractivity contribution in [2.24, 2.45) is 0 Å². The second-order valence-electron chi connectivity index (χ2n) is 7.27. The van der Waals surface area contributed by atoms with E-state index in [1.165, 1.54) is 0 Å². The fourth-order valence-corrected chi connectivity index (χ4v) is 3.74. The number of fused-ring (bicyclic) bond motifs is 1. The van der Waals surface area contributed by atoms with E-state index in [9.17, 15) is 10.1 Å². The molecule has 0 aliphatic carbocycles. The van der Waals surface area contributed by atoms with Crippen molar-refractivity contribution in [3.63, 3.8) is 0 Å². The van der Waals surface area contributed by atoms with Gasteiger partial charge in [-0.15, -0.1) is 0 Å². The molecule has 0 saturated carbocycles. The van der Waals surface area contributed by atoms with Crippen molar-refractivity contribution in [2.75, 3.05) is 49.5 Å². The first-order chi connectivity index (χ1) is 14.7. The van der Waals surface area contributed by atoms with E-state index < -0.39 is 0 Å². The van der Waals surface area contributed by atoms with Crippen LogP contribution in [0.25, 0.3) is 10.8 Å². The molecule has 2 N–H and O–H groups in total. The SMILES string of the molecule is N#Cc1cc(NC(=O)c2cc3ccccc3cn2)ccc1N1CCN(CCO)CC1. The van der Waals surface area contributed by atoms with Crippen LogP contribution in [0.2, 0.25) is 0 Å². The Morgan fingerprint density at radius 1 is 1.10 bits per heavy atom. The first-order valence-corrected chi connectivity index (χ1v) is 9.96. The van der Waals surface area contributed by atoms with Crippen LogP contribution in [-0.4, -0.2) is 60.2 Å². The van der Waals surface area contributed by atoms with Crippen LogP contribution < -0.4 is 10.2 Å². The van der Waals surface area contributed by atoms with Crippen molar-refractivity contribution < 1.29 is 9.90 Å². The van der Waals surface area contributed by atoms with Gasteiger partial charge in [-0.05, 0) is 29.7 Å². The van der Waals surface area contributed by atoms with Gasteiger partial charge in [-0.3, -0.25) is 14.7 Å². The molecular formula is C23H23N5O2. The second kappa shape index (κ2) is 8.91. The molecule has 0 unspecified atom stereocenters. The molecule has 1 aromatic heterocycles. The zero-order valence-electron chi connectivity index (χ0n) is 16.6. The van der Waals surface area contributed by atoms with E-state index in [-0.39, 0.29) is 12.5 Å². The molecule has 1 aliphatic heterocycles. The number of carbonyl (C=O) groups is 1. The van der Waals surface area contributed by atoms with Crippen LogP contribution in [0.1, 0.15) is 16.1 Å². The lowest BCUT2D eigenvalue weighted by atomic mass is 10.1. The van der Waals surface area contributed by atoms with Crippen LogP contribution in [0, 0.1) is 11.3 Å². The van der Waals surface area contributed by atoms with Crippen molar-refractivity contribution in [3.05, 3.63) is 66.0 Å². The van der Waals surface area contributed by atoms with Crippen molar-refractivity contribution in [3.8, 4) is 6.07 Å². The molecule has 2 heterocycles. The van der Waals surface area contributed by atoms with Gasteiger partial charge in [-0.25, -0.2) is 0 Å². The number of pyridine rings is 1. The molecule has 4 rings (SSSR count). The zero-order chi connectivity index (χ0) is 20.9. The van der Waals surface area contributed by atoms with E-state index >= 15 is 0 Å². The van der Waals surface area contributed by atoms with Gasteiger partial charge >= 0.3 is 0 Å². The van der Waals surface area contributed by atoms with Crippen molar-refractivity contribution in [1.29, 1.82) is 5.26 Å². The van der Waals surface area contributed by atoms with E-state index in [4.69, 9.17) is 5.11 Å². The van der Waals surface area contributed by atoms with Crippen LogP contribution in [0.5, 0.6) is 0 Å². The zero-order valence-corrected chi connectivity index (χ0v) is 16.6. The van der Waals surface area contributed by atoms with Crippen LogP contribution in [0.3, 0.4) is 0 Å². The number of hydrogen-bond donors (Lipinski definition) is 2. The van der Waals surface area contributed by atoms with Gasteiger partial charge in [0.1, 0.15) is 11.8 Å². The van der Waals surface area contributed by atoms with E-state index in [2.05, 4.69) is 26.2 Å². The maximum atomic E-state index is 12.6. The second-order valence-corrected chi connectivity index (χ2v) is 7.27. The smallest absolute Gasteiger partial charge is 0.274 e. The number of anilines is 2. The van der Waals surface area contributed by atoms with Gasteiger partial charge in [0.15, 0.2) is 0 Å². The number of β-amino-alcohol motifs (C(OH)–C–C–N with tert-alkyl or cyclic N) is 1. The number of benzene rings is 2. The molecule has 3 aromatic rings. The lowest BCUT2D eigenvalue weighted by Gasteiger charge is -2.36. The molecule has 0 radical (unpaired) electrons. The standard InChI is InChI=1S/C23H23N5O2/c24-15-19-13-20(5-6-22(19)28-9-7-27(8-10-28)11-12-29)26-23(30)21-14-17-3-1-2-4-18(17)16-25-21/h1-6,13-14,16,29H,7-12H2,(H,26,30). The van der Waals surface area contributed by atoms with Crippen LogP contribution in [0.15, 0.2) is 54.7 Å². The van der Waals surface area contributed by atoms with Crippen LogP contribution >= 0.6 is 0 Å². The van der Waals surface area contributed by atoms with Crippen LogP contribution in [-0.2, 0) is 0 Å². The lowest BCUT2D eigenvalue weighted by Crippen LogP contribution is -2.47. The summed E-state index contributed by atoms with van der Waals surface area (Å²) in [5, 5.41) is 23.5. The van der Waals surface area contributed by atoms with Crippen LogP contribution in [0.4, 0.5) is 11.4 Å². The number of nitriles is 1. The molecule has 1 amide bonds. The molecule has 0 spiro atoms. The number of piperazine rings is 1. The molecule has 1 aliphatic rings. The third-order valence-electron chi connectivity index (χ3n) is 5.37. The summed E-state index contributed by atoms with van der Waals surface area (Å²) in [4.78, 5) is 21.3. The normalized spacial score (nSPS) is 14.5. The van der Waals surface area contributed by atoms with Gasteiger partial charge in [0, 0.05) is 50.0 Å².